The molecule has 0 radical (unpaired) electrons. The predicted molar refractivity (Wildman–Crippen MR) is 83.2 cm³/mol. The molecule has 0 saturated heterocycles. The number of hydrogen-bond acceptors (Lipinski definition) is 4. The molecule has 4 nitrogen and oxygen atoms in total. The monoisotopic (exact) mass is 392 g/mol. The Morgan fingerprint density at radius 1 is 1.47 bits per heavy atom. The summed E-state index contributed by atoms with van der Waals surface area (Å²) in [5.41, 5.74) is 1.84. The Morgan fingerprint density at radius 3 is 3.11 bits per heavy atom. The van der Waals surface area contributed by atoms with Crippen LogP contribution in [0.5, 0.6) is 0 Å². The van der Waals surface area contributed by atoms with Gasteiger partial charge in [-0.05, 0) is 40.8 Å². The smallest absolute Gasteiger partial charge is 0.181 e. The topological polar surface area (TPSA) is 47.3 Å². The van der Waals surface area contributed by atoms with Crippen LogP contribution in [-0.2, 0) is 11.3 Å². The van der Waals surface area contributed by atoms with Crippen LogP contribution in [0.25, 0.3) is 11.3 Å². The lowest BCUT2D eigenvalue weighted by atomic mass is 10.1. The van der Waals surface area contributed by atoms with Gasteiger partial charge in [0.1, 0.15) is 5.69 Å². The number of oxazole rings is 1. The molecule has 0 amide bonds. The molecule has 1 N–H and O–H groups in total. The maximum atomic E-state index is 6.03. The van der Waals surface area contributed by atoms with E-state index >= 15 is 0 Å². The number of aromatic nitrogens is 1. The van der Waals surface area contributed by atoms with Gasteiger partial charge in [-0.3, -0.25) is 0 Å². The van der Waals surface area contributed by atoms with E-state index in [1.165, 1.54) is 6.39 Å². The molecule has 0 unspecified atom stereocenters. The van der Waals surface area contributed by atoms with Crippen molar-refractivity contribution in [3.8, 4) is 11.3 Å². The fraction of sp³-hybridized carbons (Fsp3) is 0.308. The van der Waals surface area contributed by atoms with E-state index in [0.717, 1.165) is 27.1 Å². The third-order valence-electron chi connectivity index (χ3n) is 2.59. The average molecular weight is 393 g/mol. The van der Waals surface area contributed by atoms with Crippen molar-refractivity contribution in [1.29, 1.82) is 0 Å². The van der Waals surface area contributed by atoms with Gasteiger partial charge in [-0.25, -0.2) is 4.98 Å². The highest BCUT2D eigenvalue weighted by Gasteiger charge is 2.13. The van der Waals surface area contributed by atoms with E-state index < -0.39 is 0 Å². The van der Waals surface area contributed by atoms with E-state index in [9.17, 15) is 0 Å². The molecule has 0 aliphatic carbocycles. The Hall–Kier alpha value is -0.630. The minimum atomic E-state index is 0.637. The van der Waals surface area contributed by atoms with Crippen molar-refractivity contribution in [1.82, 2.24) is 10.3 Å². The van der Waals surface area contributed by atoms with Crippen molar-refractivity contribution in [3.05, 3.63) is 38.9 Å². The van der Waals surface area contributed by atoms with Crippen LogP contribution in [0.2, 0.25) is 5.02 Å². The minimum Gasteiger partial charge on any atom is -0.443 e. The van der Waals surface area contributed by atoms with Crippen molar-refractivity contribution in [2.75, 3.05) is 20.3 Å². The number of halogens is 2. The van der Waals surface area contributed by atoms with E-state index in [0.29, 0.717) is 18.2 Å². The lowest BCUT2D eigenvalue weighted by Gasteiger charge is -2.06. The van der Waals surface area contributed by atoms with E-state index in [1.54, 1.807) is 7.11 Å². The summed E-state index contributed by atoms with van der Waals surface area (Å²) < 4.78 is 11.6. The fourth-order valence-electron chi connectivity index (χ4n) is 1.67. The Labute approximate surface area is 130 Å². The molecule has 0 bridgehead atoms. The Balaban J connectivity index is 2.16. The molecule has 0 spiro atoms. The molecular formula is C13H14ClIN2O2. The molecule has 1 aromatic heterocycles. The van der Waals surface area contributed by atoms with Gasteiger partial charge in [0.25, 0.3) is 0 Å². The van der Waals surface area contributed by atoms with E-state index in [2.05, 4.69) is 32.9 Å². The average Bonchev–Trinajstić information content (AvgIpc) is 2.86. The van der Waals surface area contributed by atoms with Crippen molar-refractivity contribution in [2.45, 2.75) is 6.54 Å². The zero-order valence-corrected chi connectivity index (χ0v) is 13.4. The number of ether oxygens (including phenoxy) is 1. The van der Waals surface area contributed by atoms with Gasteiger partial charge >= 0.3 is 0 Å². The maximum absolute atomic E-state index is 6.03. The SMILES string of the molecule is COCCNCc1ncoc1-c1cc(Cl)ccc1I. The van der Waals surface area contributed by atoms with Crippen LogP contribution in [0.3, 0.4) is 0 Å². The Bertz CT molecular complexity index is 545. The Morgan fingerprint density at radius 2 is 2.32 bits per heavy atom. The molecule has 0 atom stereocenters. The van der Waals surface area contributed by atoms with Crippen LogP contribution in [0.15, 0.2) is 29.0 Å². The van der Waals surface area contributed by atoms with Crippen LogP contribution in [-0.4, -0.2) is 25.2 Å². The summed E-state index contributed by atoms with van der Waals surface area (Å²) in [4.78, 5) is 4.24. The maximum Gasteiger partial charge on any atom is 0.181 e. The third kappa shape index (κ3) is 3.92. The first-order chi connectivity index (χ1) is 9.22. The van der Waals surface area contributed by atoms with Crippen molar-refractivity contribution < 1.29 is 9.15 Å². The lowest BCUT2D eigenvalue weighted by molar-refractivity contribution is 0.199. The van der Waals surface area contributed by atoms with Gasteiger partial charge in [0, 0.05) is 34.4 Å². The number of methoxy groups -OCH3 is 1. The van der Waals surface area contributed by atoms with E-state index in [4.69, 9.17) is 20.8 Å². The Kier molecular flexibility index (Phi) is 5.62. The zero-order valence-electron chi connectivity index (χ0n) is 10.5. The van der Waals surface area contributed by atoms with Crippen molar-refractivity contribution >= 4 is 34.2 Å². The van der Waals surface area contributed by atoms with Crippen molar-refractivity contribution in [3.63, 3.8) is 0 Å². The molecule has 6 heteroatoms. The quantitative estimate of drug-likeness (QED) is 0.605. The summed E-state index contributed by atoms with van der Waals surface area (Å²) in [6.45, 7) is 2.08. The fourth-order valence-corrected chi connectivity index (χ4v) is 2.42. The molecule has 1 heterocycles. The van der Waals surface area contributed by atoms with Gasteiger partial charge < -0.3 is 14.5 Å². The molecule has 0 fully saturated rings. The van der Waals surface area contributed by atoms with Crippen LogP contribution in [0.1, 0.15) is 5.69 Å². The molecule has 2 rings (SSSR count). The highest BCUT2D eigenvalue weighted by atomic mass is 127. The van der Waals surface area contributed by atoms with Crippen LogP contribution >= 0.6 is 34.2 Å². The van der Waals surface area contributed by atoms with E-state index in [-0.39, 0.29) is 0 Å². The lowest BCUT2D eigenvalue weighted by Crippen LogP contribution is -2.19. The normalized spacial score (nSPS) is 10.9. The zero-order chi connectivity index (χ0) is 13.7. The summed E-state index contributed by atoms with van der Waals surface area (Å²) in [6.07, 6.45) is 1.46. The molecular weight excluding hydrogens is 379 g/mol. The summed E-state index contributed by atoms with van der Waals surface area (Å²) in [5, 5.41) is 3.94. The third-order valence-corrected chi connectivity index (χ3v) is 3.77. The number of rotatable bonds is 6. The first kappa shape index (κ1) is 14.8. The van der Waals surface area contributed by atoms with Gasteiger partial charge in [0.05, 0.1) is 6.61 Å². The number of benzene rings is 1. The molecule has 19 heavy (non-hydrogen) atoms. The van der Waals surface area contributed by atoms with E-state index in [1.807, 2.05) is 18.2 Å². The van der Waals surface area contributed by atoms with Gasteiger partial charge in [-0.15, -0.1) is 0 Å². The summed E-state index contributed by atoms with van der Waals surface area (Å²) >= 11 is 8.29. The number of hydrogen-bond donors (Lipinski definition) is 1. The van der Waals surface area contributed by atoms with Crippen molar-refractivity contribution in [2.24, 2.45) is 0 Å². The second-order valence-corrected chi connectivity index (χ2v) is 5.52. The number of nitrogens with zero attached hydrogens (tertiary/aromatic N) is 1. The van der Waals surface area contributed by atoms with Gasteiger partial charge in [-0.2, -0.15) is 0 Å². The van der Waals surface area contributed by atoms with Crippen LogP contribution in [0.4, 0.5) is 0 Å². The first-order valence-corrected chi connectivity index (χ1v) is 7.25. The summed E-state index contributed by atoms with van der Waals surface area (Å²) in [6, 6.07) is 5.71. The molecule has 0 saturated carbocycles. The highest BCUT2D eigenvalue weighted by Crippen LogP contribution is 2.30. The molecule has 1 aromatic carbocycles. The van der Waals surface area contributed by atoms with Gasteiger partial charge in [0.2, 0.25) is 0 Å². The molecule has 0 aliphatic rings. The summed E-state index contributed by atoms with van der Waals surface area (Å²) in [5.74, 6) is 0.761. The number of nitrogens with one attached hydrogen (secondary N) is 1. The van der Waals surface area contributed by atoms with Gasteiger partial charge in [-0.1, -0.05) is 11.6 Å². The summed E-state index contributed by atoms with van der Waals surface area (Å²) in [7, 11) is 1.68. The predicted octanol–water partition coefficient (Wildman–Crippen LogP) is 3.34. The van der Waals surface area contributed by atoms with Crippen LogP contribution in [0, 0.1) is 3.57 Å². The van der Waals surface area contributed by atoms with Gasteiger partial charge in [0.15, 0.2) is 12.2 Å². The standard InChI is InChI=1S/C13H14ClIN2O2/c1-18-5-4-16-7-12-13(19-8-17-12)10-6-9(14)2-3-11(10)15/h2-3,6,8,16H,4-5,7H2,1H3. The second kappa shape index (κ2) is 7.23. The molecule has 0 aliphatic heterocycles. The minimum absolute atomic E-state index is 0.637. The highest BCUT2D eigenvalue weighted by molar-refractivity contribution is 14.1. The van der Waals surface area contributed by atoms with Crippen LogP contribution < -0.4 is 5.32 Å². The first-order valence-electron chi connectivity index (χ1n) is 5.80. The molecule has 2 aromatic rings. The second-order valence-electron chi connectivity index (χ2n) is 3.92. The largest absolute Gasteiger partial charge is 0.443 e. The molecule has 102 valence electrons.